The number of carboxylic acid groups (broad SMARTS) is 1. The van der Waals surface area contributed by atoms with Crippen LogP contribution < -0.4 is 0 Å². The van der Waals surface area contributed by atoms with E-state index in [1.807, 2.05) is 19.9 Å². The highest BCUT2D eigenvalue weighted by molar-refractivity contribution is 6.06. The maximum Gasteiger partial charge on any atom is 0.308 e. The highest BCUT2D eigenvalue weighted by Gasteiger charge is 2.37. The molecule has 1 unspecified atom stereocenters. The number of hydrogen-bond donors (Lipinski definition) is 1. The van der Waals surface area contributed by atoms with Crippen LogP contribution in [0.25, 0.3) is 11.1 Å². The van der Waals surface area contributed by atoms with Crippen molar-refractivity contribution in [3.8, 4) is 0 Å². The first-order valence-electron chi connectivity index (χ1n) is 9.70. The maximum absolute atomic E-state index is 13.5. The monoisotopic (exact) mass is 371 g/mol. The Morgan fingerprint density at radius 1 is 1.26 bits per heavy atom. The Balaban J connectivity index is 1.78. The van der Waals surface area contributed by atoms with E-state index in [4.69, 9.17) is 4.52 Å². The van der Waals surface area contributed by atoms with E-state index in [9.17, 15) is 14.7 Å². The van der Waals surface area contributed by atoms with E-state index >= 15 is 0 Å². The van der Waals surface area contributed by atoms with Crippen LogP contribution in [0, 0.1) is 5.92 Å². The number of nitrogens with zero attached hydrogens (tertiary/aromatic N) is 3. The zero-order valence-corrected chi connectivity index (χ0v) is 15.9. The third-order valence-electron chi connectivity index (χ3n) is 5.41. The van der Waals surface area contributed by atoms with E-state index in [2.05, 4.69) is 10.1 Å². The van der Waals surface area contributed by atoms with Crippen molar-refractivity contribution in [1.82, 2.24) is 15.0 Å². The first kappa shape index (κ1) is 17.9. The number of aromatic nitrogens is 2. The molecular weight excluding hydrogens is 346 g/mol. The smallest absolute Gasteiger partial charge is 0.308 e. The van der Waals surface area contributed by atoms with Gasteiger partial charge >= 0.3 is 5.97 Å². The van der Waals surface area contributed by atoms with Gasteiger partial charge in [0.05, 0.1) is 22.6 Å². The van der Waals surface area contributed by atoms with Crippen molar-refractivity contribution < 1.29 is 19.2 Å². The first-order chi connectivity index (χ1) is 12.9. The van der Waals surface area contributed by atoms with E-state index in [-0.39, 0.29) is 24.4 Å². The number of rotatable bonds is 7. The fraction of sp³-hybridized carbons (Fsp3) is 0.600. The zero-order valence-electron chi connectivity index (χ0n) is 15.9. The lowest BCUT2D eigenvalue weighted by Gasteiger charge is -2.25. The van der Waals surface area contributed by atoms with Gasteiger partial charge in [0.2, 0.25) is 0 Å². The number of hydrogen-bond acceptors (Lipinski definition) is 5. The molecule has 0 spiro atoms. The zero-order chi connectivity index (χ0) is 19.3. The Morgan fingerprint density at radius 3 is 2.52 bits per heavy atom. The molecule has 0 aromatic carbocycles. The van der Waals surface area contributed by atoms with Crippen molar-refractivity contribution in [2.75, 3.05) is 6.54 Å². The molecule has 7 heteroatoms. The molecule has 0 aliphatic heterocycles. The standard InChI is InChI=1S/C20H25N3O4/c1-10(2)17-16-14(8-15(12-4-5-12)21-18(16)27-22-17)19(24)23(13-6-7-13)9-11(3)20(25)26/h8,10-13H,4-7,9H2,1-3H3,(H,25,26). The minimum absolute atomic E-state index is 0.0960. The number of fused-ring (bicyclic) bond motifs is 1. The summed E-state index contributed by atoms with van der Waals surface area (Å²) in [6, 6.07) is 2.00. The normalized spacial score (nSPS) is 18.1. The number of amides is 1. The van der Waals surface area contributed by atoms with Gasteiger partial charge < -0.3 is 14.5 Å². The fourth-order valence-electron chi connectivity index (χ4n) is 3.46. The van der Waals surface area contributed by atoms with Gasteiger partial charge in [-0.15, -0.1) is 0 Å². The summed E-state index contributed by atoms with van der Waals surface area (Å²) in [6.45, 7) is 5.86. The largest absolute Gasteiger partial charge is 0.481 e. The second-order valence-electron chi connectivity index (χ2n) is 8.20. The average Bonchev–Trinajstić information content (AvgIpc) is 3.54. The molecule has 2 aromatic heterocycles. The summed E-state index contributed by atoms with van der Waals surface area (Å²) in [4.78, 5) is 31.2. The summed E-state index contributed by atoms with van der Waals surface area (Å²) in [5.74, 6) is -1.16. The third kappa shape index (κ3) is 3.42. The van der Waals surface area contributed by atoms with E-state index in [0.717, 1.165) is 37.1 Å². The molecule has 2 aliphatic carbocycles. The van der Waals surface area contributed by atoms with Gasteiger partial charge in [-0.25, -0.2) is 4.98 Å². The SMILES string of the molecule is CC(CN(C(=O)c1cc(C2CC2)nc2onc(C(C)C)c12)C1CC1)C(=O)O. The molecule has 27 heavy (non-hydrogen) atoms. The number of carboxylic acids is 1. The van der Waals surface area contributed by atoms with Gasteiger partial charge in [0.15, 0.2) is 0 Å². The first-order valence-corrected chi connectivity index (χ1v) is 9.70. The predicted molar refractivity (Wildman–Crippen MR) is 98.7 cm³/mol. The summed E-state index contributed by atoms with van der Waals surface area (Å²) in [5.41, 5.74) is 2.56. The molecule has 4 rings (SSSR count). The van der Waals surface area contributed by atoms with E-state index in [1.54, 1.807) is 11.8 Å². The lowest BCUT2D eigenvalue weighted by atomic mass is 10.0. The lowest BCUT2D eigenvalue weighted by molar-refractivity contribution is -0.141. The van der Waals surface area contributed by atoms with Gasteiger partial charge in [0.25, 0.3) is 11.6 Å². The summed E-state index contributed by atoms with van der Waals surface area (Å²) in [6.07, 6.45) is 3.98. The molecule has 2 aliphatic rings. The molecule has 2 heterocycles. The van der Waals surface area contributed by atoms with Crippen LogP contribution in [0.4, 0.5) is 0 Å². The Labute approximate surface area is 157 Å². The molecular formula is C20H25N3O4. The molecule has 1 amide bonds. The molecule has 0 saturated heterocycles. The van der Waals surface area contributed by atoms with Crippen molar-refractivity contribution in [3.63, 3.8) is 0 Å². The van der Waals surface area contributed by atoms with Crippen LogP contribution in [0.1, 0.15) is 80.0 Å². The molecule has 2 saturated carbocycles. The summed E-state index contributed by atoms with van der Waals surface area (Å²) >= 11 is 0. The number of aliphatic carboxylic acids is 1. The van der Waals surface area contributed by atoms with Crippen LogP contribution in [0.3, 0.4) is 0 Å². The second kappa shape index (κ2) is 6.62. The Kier molecular flexibility index (Phi) is 4.40. The van der Waals surface area contributed by atoms with Crippen molar-refractivity contribution in [2.24, 2.45) is 5.92 Å². The van der Waals surface area contributed by atoms with E-state index < -0.39 is 11.9 Å². The van der Waals surface area contributed by atoms with Crippen LogP contribution in [0.5, 0.6) is 0 Å². The molecule has 0 bridgehead atoms. The molecule has 1 atom stereocenters. The third-order valence-corrected chi connectivity index (χ3v) is 5.41. The van der Waals surface area contributed by atoms with E-state index in [0.29, 0.717) is 22.6 Å². The maximum atomic E-state index is 13.5. The highest BCUT2D eigenvalue weighted by atomic mass is 16.5. The molecule has 1 N–H and O–H groups in total. The minimum Gasteiger partial charge on any atom is -0.481 e. The summed E-state index contributed by atoms with van der Waals surface area (Å²) in [5, 5.41) is 14.1. The molecule has 2 aromatic rings. The summed E-state index contributed by atoms with van der Waals surface area (Å²) < 4.78 is 5.47. The van der Waals surface area contributed by atoms with E-state index in [1.165, 1.54) is 0 Å². The van der Waals surface area contributed by atoms with Crippen LogP contribution in [0.15, 0.2) is 10.6 Å². The highest BCUT2D eigenvalue weighted by Crippen LogP contribution is 2.41. The molecule has 0 radical (unpaired) electrons. The number of carbonyl (C=O) groups excluding carboxylic acids is 1. The van der Waals surface area contributed by atoms with Gasteiger partial charge in [0, 0.05) is 24.2 Å². The van der Waals surface area contributed by atoms with Crippen molar-refractivity contribution in [3.05, 3.63) is 23.0 Å². The van der Waals surface area contributed by atoms with Gasteiger partial charge in [-0.2, -0.15) is 0 Å². The quantitative estimate of drug-likeness (QED) is 0.799. The van der Waals surface area contributed by atoms with Crippen molar-refractivity contribution in [2.45, 2.75) is 64.3 Å². The fourth-order valence-corrected chi connectivity index (χ4v) is 3.46. The predicted octanol–water partition coefficient (Wildman–Crippen LogP) is 3.55. The molecule has 7 nitrogen and oxygen atoms in total. The van der Waals surface area contributed by atoms with Gasteiger partial charge in [-0.3, -0.25) is 9.59 Å². The Bertz CT molecular complexity index is 896. The van der Waals surface area contributed by atoms with Crippen molar-refractivity contribution >= 4 is 23.0 Å². The minimum atomic E-state index is -0.889. The lowest BCUT2D eigenvalue weighted by Crippen LogP contribution is -2.38. The average molecular weight is 371 g/mol. The van der Waals surface area contributed by atoms with Gasteiger partial charge in [-0.1, -0.05) is 25.9 Å². The number of pyridine rings is 1. The van der Waals surface area contributed by atoms with Crippen LogP contribution in [0.2, 0.25) is 0 Å². The molecule has 2 fully saturated rings. The topological polar surface area (TPSA) is 96.5 Å². The number of carbonyl (C=O) groups is 2. The second-order valence-corrected chi connectivity index (χ2v) is 8.20. The van der Waals surface area contributed by atoms with Crippen LogP contribution >= 0.6 is 0 Å². The van der Waals surface area contributed by atoms with Gasteiger partial charge in [0.1, 0.15) is 0 Å². The van der Waals surface area contributed by atoms with Crippen LogP contribution in [-0.4, -0.2) is 44.6 Å². The van der Waals surface area contributed by atoms with Crippen molar-refractivity contribution in [1.29, 1.82) is 0 Å². The van der Waals surface area contributed by atoms with Gasteiger partial charge in [-0.05, 0) is 37.7 Å². The molecule has 144 valence electrons. The summed E-state index contributed by atoms with van der Waals surface area (Å²) in [7, 11) is 0. The Morgan fingerprint density at radius 2 is 1.96 bits per heavy atom. The van der Waals surface area contributed by atoms with Crippen LogP contribution in [-0.2, 0) is 4.79 Å². The Hall–Kier alpha value is -2.44.